The first-order valence-electron chi connectivity index (χ1n) is 6.32. The Balaban J connectivity index is 2.76. The van der Waals surface area contributed by atoms with Gasteiger partial charge in [0.05, 0.1) is 0 Å². The highest BCUT2D eigenvalue weighted by atomic mass is 16.2. The Kier molecular flexibility index (Phi) is 4.84. The topological polar surface area (TPSA) is 59.2 Å². The van der Waals surface area contributed by atoms with E-state index in [-0.39, 0.29) is 17.4 Å². The van der Waals surface area contributed by atoms with Crippen LogP contribution in [0.3, 0.4) is 0 Å². The number of rotatable bonds is 4. The summed E-state index contributed by atoms with van der Waals surface area (Å²) in [4.78, 5) is 18.0. The van der Waals surface area contributed by atoms with Gasteiger partial charge in [-0.1, -0.05) is 20.8 Å². The van der Waals surface area contributed by atoms with Crippen molar-refractivity contribution in [2.24, 2.45) is 11.1 Å². The van der Waals surface area contributed by atoms with Gasteiger partial charge in [-0.15, -0.1) is 0 Å². The Morgan fingerprint density at radius 3 is 2.39 bits per heavy atom. The second-order valence-corrected chi connectivity index (χ2v) is 5.52. The molecule has 4 heteroatoms. The minimum atomic E-state index is -0.138. The van der Waals surface area contributed by atoms with E-state index >= 15 is 0 Å². The molecule has 0 aromatic carbocycles. The van der Waals surface area contributed by atoms with Crippen molar-refractivity contribution in [2.75, 3.05) is 11.4 Å². The maximum Gasteiger partial charge on any atom is 0.228 e. The molecule has 0 aliphatic carbocycles. The van der Waals surface area contributed by atoms with E-state index in [0.717, 1.165) is 5.69 Å². The Hall–Kier alpha value is -1.42. The lowest BCUT2D eigenvalue weighted by Crippen LogP contribution is -2.41. The summed E-state index contributed by atoms with van der Waals surface area (Å²) in [6.45, 7) is 8.75. The molecule has 0 fully saturated rings. The third-order valence-corrected chi connectivity index (χ3v) is 3.10. The van der Waals surface area contributed by atoms with Crippen LogP contribution in [0.2, 0.25) is 0 Å². The fourth-order valence-electron chi connectivity index (χ4n) is 1.63. The zero-order valence-corrected chi connectivity index (χ0v) is 11.7. The first-order valence-corrected chi connectivity index (χ1v) is 6.32. The van der Waals surface area contributed by atoms with Crippen molar-refractivity contribution in [1.29, 1.82) is 0 Å². The molecule has 0 aliphatic heterocycles. The molecular weight excluding hydrogens is 226 g/mol. The molecule has 1 heterocycles. The number of anilines is 1. The first kappa shape index (κ1) is 14.6. The molecule has 1 amide bonds. The lowest BCUT2D eigenvalue weighted by molar-refractivity contribution is -0.119. The van der Waals surface area contributed by atoms with E-state index in [4.69, 9.17) is 5.73 Å². The second kappa shape index (κ2) is 5.96. The van der Waals surface area contributed by atoms with E-state index in [0.29, 0.717) is 13.0 Å². The van der Waals surface area contributed by atoms with Crippen molar-refractivity contribution >= 4 is 11.6 Å². The average Bonchev–Trinajstić information content (AvgIpc) is 2.30. The molecule has 0 bridgehead atoms. The molecule has 1 aromatic rings. The van der Waals surface area contributed by atoms with Crippen LogP contribution >= 0.6 is 0 Å². The third-order valence-electron chi connectivity index (χ3n) is 3.10. The molecule has 0 saturated carbocycles. The molecular formula is C14H23N3O. The Morgan fingerprint density at radius 1 is 1.39 bits per heavy atom. The van der Waals surface area contributed by atoms with Crippen molar-refractivity contribution in [2.45, 2.75) is 40.2 Å². The van der Waals surface area contributed by atoms with Crippen LogP contribution in [0.4, 0.5) is 5.69 Å². The van der Waals surface area contributed by atoms with Crippen molar-refractivity contribution in [3.63, 3.8) is 0 Å². The Bertz CT molecular complexity index is 384. The Labute approximate surface area is 109 Å². The van der Waals surface area contributed by atoms with Gasteiger partial charge in [-0.3, -0.25) is 9.78 Å². The van der Waals surface area contributed by atoms with Gasteiger partial charge in [-0.2, -0.15) is 0 Å². The normalized spacial score (nSPS) is 13.2. The number of nitrogens with two attached hydrogens (primary N) is 1. The molecule has 2 N–H and O–H groups in total. The fraction of sp³-hybridized carbons (Fsp3) is 0.571. The summed E-state index contributed by atoms with van der Waals surface area (Å²) in [5.74, 6) is 0.0612. The van der Waals surface area contributed by atoms with E-state index in [1.807, 2.05) is 39.8 Å². The molecule has 100 valence electrons. The number of pyridine rings is 1. The molecule has 0 radical (unpaired) electrons. The van der Waals surface area contributed by atoms with E-state index in [1.54, 1.807) is 17.3 Å². The van der Waals surface area contributed by atoms with Gasteiger partial charge in [0.1, 0.15) is 0 Å². The Morgan fingerprint density at radius 2 is 1.94 bits per heavy atom. The highest BCUT2D eigenvalue weighted by Gasteiger charge is 2.25. The summed E-state index contributed by atoms with van der Waals surface area (Å²) in [6.07, 6.45) is 3.74. The predicted octanol–water partition coefficient (Wildman–Crippen LogP) is 2.20. The quantitative estimate of drug-likeness (QED) is 0.890. The number of carbonyl (C=O) groups is 1. The van der Waals surface area contributed by atoms with Crippen LogP contribution in [0.1, 0.15) is 34.1 Å². The average molecular weight is 249 g/mol. The largest absolute Gasteiger partial charge is 0.327 e. The summed E-state index contributed by atoms with van der Waals surface area (Å²) < 4.78 is 0. The van der Waals surface area contributed by atoms with Gasteiger partial charge in [0.25, 0.3) is 0 Å². The van der Waals surface area contributed by atoms with E-state index < -0.39 is 0 Å². The summed E-state index contributed by atoms with van der Waals surface area (Å²) in [5.41, 5.74) is 6.87. The van der Waals surface area contributed by atoms with Crippen molar-refractivity contribution in [3.05, 3.63) is 24.5 Å². The molecule has 1 atom stereocenters. The van der Waals surface area contributed by atoms with Gasteiger partial charge in [-0.25, -0.2) is 0 Å². The minimum Gasteiger partial charge on any atom is -0.327 e. The summed E-state index contributed by atoms with van der Waals surface area (Å²) in [6, 6.07) is 3.54. The zero-order chi connectivity index (χ0) is 13.8. The van der Waals surface area contributed by atoms with Crippen molar-refractivity contribution in [1.82, 2.24) is 4.98 Å². The molecule has 1 rings (SSSR count). The molecule has 0 aliphatic rings. The van der Waals surface area contributed by atoms with Gasteiger partial charge in [0.2, 0.25) is 5.91 Å². The second-order valence-electron chi connectivity index (χ2n) is 5.52. The third kappa shape index (κ3) is 3.81. The van der Waals surface area contributed by atoms with Crippen molar-refractivity contribution < 1.29 is 4.79 Å². The lowest BCUT2D eigenvalue weighted by atomic mass is 9.85. The van der Waals surface area contributed by atoms with Crippen LogP contribution in [0.5, 0.6) is 0 Å². The van der Waals surface area contributed by atoms with Crippen LogP contribution in [0.25, 0.3) is 0 Å². The van der Waals surface area contributed by atoms with Crippen LogP contribution in [0.15, 0.2) is 24.5 Å². The van der Waals surface area contributed by atoms with Gasteiger partial charge >= 0.3 is 0 Å². The minimum absolute atomic E-state index is 0.0612. The molecule has 18 heavy (non-hydrogen) atoms. The fourth-order valence-corrected chi connectivity index (χ4v) is 1.63. The van der Waals surface area contributed by atoms with Gasteiger partial charge in [0, 0.05) is 37.1 Å². The molecule has 0 spiro atoms. The van der Waals surface area contributed by atoms with E-state index in [9.17, 15) is 4.79 Å². The van der Waals surface area contributed by atoms with Crippen molar-refractivity contribution in [3.8, 4) is 0 Å². The monoisotopic (exact) mass is 249 g/mol. The maximum absolute atomic E-state index is 12.3. The highest BCUT2D eigenvalue weighted by Crippen LogP contribution is 2.22. The number of hydrogen-bond acceptors (Lipinski definition) is 3. The first-order chi connectivity index (χ1) is 8.36. The van der Waals surface area contributed by atoms with Crippen LogP contribution in [-0.2, 0) is 4.79 Å². The molecule has 1 aromatic heterocycles. The number of hydrogen-bond donors (Lipinski definition) is 1. The number of amides is 1. The lowest BCUT2D eigenvalue weighted by Gasteiger charge is -2.29. The number of nitrogens with zero attached hydrogens (tertiary/aromatic N) is 2. The molecule has 4 nitrogen and oxygen atoms in total. The molecule has 1 unspecified atom stereocenters. The highest BCUT2D eigenvalue weighted by molar-refractivity contribution is 5.93. The maximum atomic E-state index is 12.3. The predicted molar refractivity (Wildman–Crippen MR) is 74.3 cm³/mol. The van der Waals surface area contributed by atoms with Gasteiger partial charge in [-0.05, 0) is 24.5 Å². The van der Waals surface area contributed by atoms with Gasteiger partial charge in [0.15, 0.2) is 0 Å². The van der Waals surface area contributed by atoms with E-state index in [2.05, 4.69) is 4.98 Å². The zero-order valence-electron chi connectivity index (χ0n) is 11.7. The van der Waals surface area contributed by atoms with Crippen LogP contribution < -0.4 is 10.6 Å². The summed E-state index contributed by atoms with van der Waals surface area (Å²) in [5, 5.41) is 0. The summed E-state index contributed by atoms with van der Waals surface area (Å²) in [7, 11) is 0. The summed E-state index contributed by atoms with van der Waals surface area (Å²) >= 11 is 0. The van der Waals surface area contributed by atoms with Gasteiger partial charge < -0.3 is 10.6 Å². The number of carbonyl (C=O) groups excluding carboxylic acids is 1. The van der Waals surface area contributed by atoms with Crippen LogP contribution in [0, 0.1) is 5.41 Å². The van der Waals surface area contributed by atoms with E-state index in [1.165, 1.54) is 0 Å². The smallest absolute Gasteiger partial charge is 0.228 e. The van der Waals surface area contributed by atoms with Crippen LogP contribution in [-0.4, -0.2) is 23.5 Å². The standard InChI is InChI=1S/C14H23N3O/c1-5-17(11-6-8-16-9-7-11)13(18)10-12(15)14(2,3)4/h6-9,12H,5,10,15H2,1-4H3. The SMILES string of the molecule is CCN(C(=O)CC(N)C(C)(C)C)c1ccncc1. The number of aromatic nitrogens is 1. The molecule has 0 saturated heterocycles.